The molecule has 6 heteroatoms. The van der Waals surface area contributed by atoms with E-state index in [0.717, 1.165) is 0 Å². The van der Waals surface area contributed by atoms with Gasteiger partial charge in [0.2, 0.25) is 0 Å². The highest BCUT2D eigenvalue weighted by Gasteiger charge is 2.16. The number of carboxylic acid groups (broad SMARTS) is 1. The Kier molecular flexibility index (Phi) is 2.71. The van der Waals surface area contributed by atoms with E-state index in [4.69, 9.17) is 22.4 Å². The summed E-state index contributed by atoms with van der Waals surface area (Å²) < 4.78 is 0. The molecule has 0 saturated carbocycles. The molecule has 1 rings (SSSR count). The van der Waals surface area contributed by atoms with E-state index in [2.05, 4.69) is 4.98 Å². The molecule has 14 heavy (non-hydrogen) atoms. The quantitative estimate of drug-likeness (QED) is 0.714. The number of carbonyl (C=O) groups is 2. The van der Waals surface area contributed by atoms with E-state index < -0.39 is 11.9 Å². The van der Waals surface area contributed by atoms with Crippen LogP contribution in [0.4, 0.5) is 0 Å². The highest BCUT2D eigenvalue weighted by Crippen LogP contribution is 2.18. The lowest BCUT2D eigenvalue weighted by Gasteiger charge is -2.04. The van der Waals surface area contributed by atoms with Crippen molar-refractivity contribution >= 4 is 23.5 Å². The average molecular weight is 215 g/mol. The van der Waals surface area contributed by atoms with Crippen LogP contribution in [0.5, 0.6) is 0 Å². The van der Waals surface area contributed by atoms with E-state index in [1.165, 1.54) is 13.0 Å². The van der Waals surface area contributed by atoms with Gasteiger partial charge in [-0.15, -0.1) is 0 Å². The second kappa shape index (κ2) is 3.63. The van der Waals surface area contributed by atoms with Gasteiger partial charge in [0, 0.05) is 0 Å². The average Bonchev–Trinajstić information content (AvgIpc) is 2.01. The number of nitrogens with two attached hydrogens (primary N) is 1. The molecule has 0 aliphatic rings. The number of primary amides is 1. The lowest BCUT2D eigenvalue weighted by molar-refractivity contribution is 0.0695. The van der Waals surface area contributed by atoms with Gasteiger partial charge in [0.15, 0.2) is 0 Å². The maximum absolute atomic E-state index is 10.7. The zero-order chi connectivity index (χ0) is 10.9. The number of hydrogen-bond donors (Lipinski definition) is 2. The van der Waals surface area contributed by atoms with Crippen molar-refractivity contribution in [3.63, 3.8) is 0 Å². The third-order valence-electron chi connectivity index (χ3n) is 1.64. The molecule has 0 fully saturated rings. The van der Waals surface area contributed by atoms with Crippen LogP contribution in [-0.4, -0.2) is 22.0 Å². The van der Waals surface area contributed by atoms with Crippen LogP contribution in [0, 0.1) is 6.92 Å². The fourth-order valence-electron chi connectivity index (χ4n) is 1.02. The molecule has 0 saturated heterocycles. The molecule has 1 aromatic heterocycles. The number of aryl methyl sites for hydroxylation is 1. The molecule has 0 aromatic carbocycles. The van der Waals surface area contributed by atoms with Crippen LogP contribution in [0.3, 0.4) is 0 Å². The Morgan fingerprint density at radius 3 is 2.50 bits per heavy atom. The van der Waals surface area contributed by atoms with Crippen molar-refractivity contribution in [1.82, 2.24) is 4.98 Å². The minimum absolute atomic E-state index is 0.0440. The van der Waals surface area contributed by atoms with Crippen LogP contribution in [-0.2, 0) is 0 Å². The standard InChI is InChI=1S/C8H7ClN2O3/c1-3-2-4(7(10)12)11-6(9)5(3)8(13)14/h2H,1H3,(H2,10,12)(H,13,14). The van der Waals surface area contributed by atoms with Gasteiger partial charge in [0.05, 0.1) is 5.56 Å². The third-order valence-corrected chi connectivity index (χ3v) is 1.91. The highest BCUT2D eigenvalue weighted by atomic mass is 35.5. The molecule has 0 aliphatic heterocycles. The van der Waals surface area contributed by atoms with E-state index >= 15 is 0 Å². The number of carboxylic acids is 1. The van der Waals surface area contributed by atoms with Crippen LogP contribution in [0.1, 0.15) is 26.4 Å². The Labute approximate surface area is 84.5 Å². The van der Waals surface area contributed by atoms with E-state index in [1.54, 1.807) is 0 Å². The number of aromatic carboxylic acids is 1. The van der Waals surface area contributed by atoms with Gasteiger partial charge in [-0.3, -0.25) is 4.79 Å². The maximum atomic E-state index is 10.7. The summed E-state index contributed by atoms with van der Waals surface area (Å²) in [5.74, 6) is -1.93. The Balaban J connectivity index is 3.39. The summed E-state index contributed by atoms with van der Waals surface area (Å²) in [7, 11) is 0. The minimum atomic E-state index is -1.18. The van der Waals surface area contributed by atoms with Crippen molar-refractivity contribution < 1.29 is 14.7 Å². The van der Waals surface area contributed by atoms with Gasteiger partial charge < -0.3 is 10.8 Å². The molecule has 1 aromatic rings. The molecule has 74 valence electrons. The largest absolute Gasteiger partial charge is 0.478 e. The molecular weight excluding hydrogens is 208 g/mol. The predicted octanol–water partition coefficient (Wildman–Crippen LogP) is 0.841. The summed E-state index contributed by atoms with van der Waals surface area (Å²) in [6.45, 7) is 1.52. The van der Waals surface area contributed by atoms with Gasteiger partial charge in [-0.25, -0.2) is 9.78 Å². The zero-order valence-corrected chi connectivity index (χ0v) is 8.00. The summed E-state index contributed by atoms with van der Waals surface area (Å²) in [5.41, 5.74) is 5.17. The van der Waals surface area contributed by atoms with Crippen molar-refractivity contribution in [3.8, 4) is 0 Å². The number of pyridine rings is 1. The van der Waals surface area contributed by atoms with Gasteiger partial charge in [-0.1, -0.05) is 11.6 Å². The molecular formula is C8H7ClN2O3. The number of aromatic nitrogens is 1. The number of halogens is 1. The number of hydrogen-bond acceptors (Lipinski definition) is 3. The molecule has 1 heterocycles. The van der Waals surface area contributed by atoms with Crippen LogP contribution in [0.2, 0.25) is 5.15 Å². The summed E-state index contributed by atoms with van der Waals surface area (Å²) in [4.78, 5) is 25.0. The molecule has 0 unspecified atom stereocenters. The van der Waals surface area contributed by atoms with Crippen molar-refractivity contribution in [1.29, 1.82) is 0 Å². The monoisotopic (exact) mass is 214 g/mol. The predicted molar refractivity (Wildman–Crippen MR) is 49.5 cm³/mol. The van der Waals surface area contributed by atoms with Crippen molar-refractivity contribution in [2.24, 2.45) is 5.73 Å². The Bertz CT molecular complexity index is 394. The number of rotatable bonds is 2. The minimum Gasteiger partial charge on any atom is -0.478 e. The van der Waals surface area contributed by atoms with Gasteiger partial charge in [-0.05, 0) is 18.6 Å². The lowest BCUT2D eigenvalue weighted by atomic mass is 10.1. The molecule has 0 spiro atoms. The van der Waals surface area contributed by atoms with Gasteiger partial charge in [0.25, 0.3) is 5.91 Å². The molecule has 3 N–H and O–H groups in total. The van der Waals surface area contributed by atoms with Gasteiger partial charge in [0.1, 0.15) is 10.8 Å². The van der Waals surface area contributed by atoms with Gasteiger partial charge >= 0.3 is 5.97 Å². The maximum Gasteiger partial charge on any atom is 0.339 e. The number of amides is 1. The van der Waals surface area contributed by atoms with E-state index in [1.807, 2.05) is 0 Å². The van der Waals surface area contributed by atoms with Crippen LogP contribution < -0.4 is 5.73 Å². The van der Waals surface area contributed by atoms with Crippen molar-refractivity contribution in [2.45, 2.75) is 6.92 Å². The van der Waals surface area contributed by atoms with E-state index in [-0.39, 0.29) is 16.4 Å². The Hall–Kier alpha value is -1.62. The first kappa shape index (κ1) is 10.5. The lowest BCUT2D eigenvalue weighted by Crippen LogP contribution is -2.15. The smallest absolute Gasteiger partial charge is 0.339 e. The molecule has 0 aliphatic carbocycles. The van der Waals surface area contributed by atoms with Crippen molar-refractivity contribution in [3.05, 3.63) is 28.0 Å². The first-order valence-corrected chi connectivity index (χ1v) is 4.01. The third kappa shape index (κ3) is 1.82. The van der Waals surface area contributed by atoms with Crippen LogP contribution in [0.15, 0.2) is 6.07 Å². The number of carbonyl (C=O) groups excluding carboxylic acids is 1. The van der Waals surface area contributed by atoms with Crippen molar-refractivity contribution in [2.75, 3.05) is 0 Å². The second-order valence-corrected chi connectivity index (χ2v) is 3.02. The SMILES string of the molecule is Cc1cc(C(N)=O)nc(Cl)c1C(=O)O. The van der Waals surface area contributed by atoms with Crippen LogP contribution >= 0.6 is 11.6 Å². The van der Waals surface area contributed by atoms with E-state index in [0.29, 0.717) is 5.56 Å². The summed E-state index contributed by atoms with van der Waals surface area (Å²) in [6, 6.07) is 1.29. The number of nitrogens with zero attached hydrogens (tertiary/aromatic N) is 1. The van der Waals surface area contributed by atoms with E-state index in [9.17, 15) is 9.59 Å². The first-order valence-electron chi connectivity index (χ1n) is 3.63. The molecule has 0 radical (unpaired) electrons. The normalized spacial score (nSPS) is 9.86. The topological polar surface area (TPSA) is 93.3 Å². The molecule has 1 amide bonds. The summed E-state index contributed by atoms with van der Waals surface area (Å²) >= 11 is 5.57. The molecule has 0 bridgehead atoms. The highest BCUT2D eigenvalue weighted by molar-refractivity contribution is 6.32. The van der Waals surface area contributed by atoms with Crippen LogP contribution in [0.25, 0.3) is 0 Å². The zero-order valence-electron chi connectivity index (χ0n) is 7.24. The summed E-state index contributed by atoms with van der Waals surface area (Å²) in [6.07, 6.45) is 0. The first-order chi connectivity index (χ1) is 6.43. The second-order valence-electron chi connectivity index (χ2n) is 2.66. The molecule has 5 nitrogen and oxygen atoms in total. The fourth-order valence-corrected chi connectivity index (χ4v) is 1.34. The summed E-state index contributed by atoms with van der Waals surface area (Å²) in [5, 5.41) is 8.51. The van der Waals surface area contributed by atoms with Gasteiger partial charge in [-0.2, -0.15) is 0 Å². The Morgan fingerprint density at radius 2 is 2.14 bits per heavy atom. The Morgan fingerprint density at radius 1 is 1.57 bits per heavy atom. The molecule has 0 atom stereocenters. The fraction of sp³-hybridized carbons (Fsp3) is 0.125.